The van der Waals surface area contributed by atoms with Gasteiger partial charge in [-0.3, -0.25) is 0 Å². The van der Waals surface area contributed by atoms with E-state index in [0.717, 1.165) is 12.1 Å². The minimum Gasteiger partial charge on any atom is -0.490 e. The van der Waals surface area contributed by atoms with Gasteiger partial charge in [0.15, 0.2) is 11.6 Å². The van der Waals surface area contributed by atoms with Gasteiger partial charge < -0.3 is 19.9 Å². The second-order valence-electron chi connectivity index (χ2n) is 4.33. The monoisotopic (exact) mass is 291 g/mol. The Morgan fingerprint density at radius 3 is 2.65 bits per heavy atom. The van der Waals surface area contributed by atoms with E-state index in [1.165, 1.54) is 6.07 Å². The van der Waals surface area contributed by atoms with Crippen LogP contribution in [0.4, 0.5) is 18.0 Å². The number of hydrogen-bond donors (Lipinski definition) is 2. The van der Waals surface area contributed by atoms with Gasteiger partial charge in [0.1, 0.15) is 11.9 Å². The van der Waals surface area contributed by atoms with Crippen molar-refractivity contribution in [2.24, 2.45) is 0 Å². The van der Waals surface area contributed by atoms with Crippen LogP contribution in [0.15, 0.2) is 18.2 Å². The van der Waals surface area contributed by atoms with Crippen LogP contribution in [0, 0.1) is 5.82 Å². The van der Waals surface area contributed by atoms with E-state index in [2.05, 4.69) is 10.1 Å². The molecular weight excluding hydrogens is 279 g/mol. The summed E-state index contributed by atoms with van der Waals surface area (Å²) in [6.07, 6.45) is -0.382. The highest BCUT2D eigenvalue weighted by Crippen LogP contribution is 2.29. The second kappa shape index (κ2) is 5.89. The number of amides is 1. The molecule has 0 saturated heterocycles. The Balaban J connectivity index is 1.86. The third-order valence-electron chi connectivity index (χ3n) is 2.84. The Bertz CT molecular complexity index is 492. The first-order chi connectivity index (χ1) is 9.44. The molecule has 110 valence electrons. The molecule has 0 unspecified atom stereocenters. The van der Waals surface area contributed by atoms with Crippen LogP contribution in [-0.2, 0) is 0 Å². The first-order valence-corrected chi connectivity index (χ1v) is 5.84. The number of hydrogen-bond acceptors (Lipinski definition) is 3. The molecule has 2 rings (SSSR count). The smallest absolute Gasteiger partial charge is 0.404 e. The number of carboxylic acid groups (broad SMARTS) is 1. The topological polar surface area (TPSA) is 67.8 Å². The number of rotatable bonds is 5. The summed E-state index contributed by atoms with van der Waals surface area (Å²) in [4.78, 5) is 10.4. The van der Waals surface area contributed by atoms with Crippen molar-refractivity contribution in [2.75, 3.05) is 0 Å². The summed E-state index contributed by atoms with van der Waals surface area (Å²) in [7, 11) is 0. The van der Waals surface area contributed by atoms with Crippen LogP contribution in [0.3, 0.4) is 0 Å². The van der Waals surface area contributed by atoms with Crippen LogP contribution in [0.25, 0.3) is 0 Å². The summed E-state index contributed by atoms with van der Waals surface area (Å²) >= 11 is 0. The molecule has 0 aliphatic heterocycles. The predicted octanol–water partition coefficient (Wildman–Crippen LogP) is 2.60. The van der Waals surface area contributed by atoms with Crippen LogP contribution in [0.2, 0.25) is 0 Å². The molecule has 1 aromatic carbocycles. The van der Waals surface area contributed by atoms with E-state index in [1.54, 1.807) is 0 Å². The Morgan fingerprint density at radius 2 is 2.10 bits per heavy atom. The number of ether oxygens (including phenoxy) is 2. The molecule has 1 fully saturated rings. The number of halogens is 3. The fourth-order valence-corrected chi connectivity index (χ4v) is 1.89. The molecule has 2 N–H and O–H groups in total. The zero-order valence-corrected chi connectivity index (χ0v) is 10.2. The lowest BCUT2D eigenvalue weighted by Crippen LogP contribution is -2.48. The van der Waals surface area contributed by atoms with Crippen molar-refractivity contribution in [1.82, 2.24) is 5.32 Å². The zero-order chi connectivity index (χ0) is 14.7. The molecule has 8 heteroatoms. The van der Waals surface area contributed by atoms with Gasteiger partial charge in [0, 0.05) is 24.9 Å². The minimum absolute atomic E-state index is 0.177. The Kier molecular flexibility index (Phi) is 4.21. The summed E-state index contributed by atoms with van der Waals surface area (Å²) < 4.78 is 46.7. The van der Waals surface area contributed by atoms with Gasteiger partial charge in [-0.2, -0.15) is 8.78 Å². The van der Waals surface area contributed by atoms with Crippen molar-refractivity contribution in [3.63, 3.8) is 0 Å². The van der Waals surface area contributed by atoms with E-state index in [-0.39, 0.29) is 17.9 Å². The molecule has 0 aromatic heterocycles. The van der Waals surface area contributed by atoms with Gasteiger partial charge in [-0.1, -0.05) is 0 Å². The Labute approximate surface area is 112 Å². The molecule has 0 atom stereocenters. The molecular formula is C12H12F3NO4. The van der Waals surface area contributed by atoms with Crippen molar-refractivity contribution in [2.45, 2.75) is 31.6 Å². The van der Waals surface area contributed by atoms with Crippen LogP contribution in [-0.4, -0.2) is 30.0 Å². The summed E-state index contributed by atoms with van der Waals surface area (Å²) in [5.41, 5.74) is 0. The number of alkyl halides is 2. The highest BCUT2D eigenvalue weighted by molar-refractivity contribution is 5.65. The lowest BCUT2D eigenvalue weighted by Gasteiger charge is -2.35. The molecule has 0 radical (unpaired) electrons. The van der Waals surface area contributed by atoms with Crippen LogP contribution < -0.4 is 14.8 Å². The lowest BCUT2D eigenvalue weighted by atomic mass is 9.89. The molecule has 1 saturated carbocycles. The van der Waals surface area contributed by atoms with E-state index in [1.807, 2.05) is 0 Å². The van der Waals surface area contributed by atoms with E-state index >= 15 is 0 Å². The van der Waals surface area contributed by atoms with Crippen molar-refractivity contribution < 1.29 is 32.5 Å². The molecule has 0 heterocycles. The maximum Gasteiger partial charge on any atom is 0.404 e. The molecule has 1 amide bonds. The number of benzene rings is 1. The van der Waals surface area contributed by atoms with Crippen molar-refractivity contribution in [3.05, 3.63) is 24.0 Å². The average molecular weight is 291 g/mol. The first-order valence-electron chi connectivity index (χ1n) is 5.84. The van der Waals surface area contributed by atoms with Gasteiger partial charge in [0.05, 0.1) is 0 Å². The summed E-state index contributed by atoms with van der Waals surface area (Å²) in [5.74, 6) is -1.31. The van der Waals surface area contributed by atoms with Gasteiger partial charge >= 0.3 is 12.7 Å². The fraction of sp³-hybridized carbons (Fsp3) is 0.417. The van der Waals surface area contributed by atoms with Crippen molar-refractivity contribution >= 4 is 6.09 Å². The van der Waals surface area contributed by atoms with Gasteiger partial charge in [-0.25, -0.2) is 9.18 Å². The highest BCUT2D eigenvalue weighted by atomic mass is 19.3. The Hall–Kier alpha value is -2.12. The summed E-state index contributed by atoms with van der Waals surface area (Å²) in [6, 6.07) is 3.15. The van der Waals surface area contributed by atoms with Gasteiger partial charge in [0.2, 0.25) is 0 Å². The maximum absolute atomic E-state index is 13.4. The molecule has 1 aliphatic carbocycles. The Morgan fingerprint density at radius 1 is 1.40 bits per heavy atom. The number of carbonyl (C=O) groups is 1. The van der Waals surface area contributed by atoms with Gasteiger partial charge in [0.25, 0.3) is 0 Å². The highest BCUT2D eigenvalue weighted by Gasteiger charge is 2.32. The van der Waals surface area contributed by atoms with E-state index < -0.39 is 24.3 Å². The van der Waals surface area contributed by atoms with Crippen LogP contribution in [0.5, 0.6) is 11.5 Å². The third kappa shape index (κ3) is 3.69. The number of nitrogens with one attached hydrogen (secondary N) is 1. The summed E-state index contributed by atoms with van der Waals surface area (Å²) in [5, 5.41) is 10.8. The molecule has 20 heavy (non-hydrogen) atoms. The van der Waals surface area contributed by atoms with Crippen LogP contribution >= 0.6 is 0 Å². The van der Waals surface area contributed by atoms with Crippen LogP contribution in [0.1, 0.15) is 12.8 Å². The minimum atomic E-state index is -3.09. The molecule has 1 aliphatic rings. The van der Waals surface area contributed by atoms with Crippen molar-refractivity contribution in [3.8, 4) is 11.5 Å². The quantitative estimate of drug-likeness (QED) is 0.875. The normalized spacial score (nSPS) is 21.2. The SMILES string of the molecule is O=C(O)N[C@H]1C[C@H](Oc2ccc(OC(F)F)c(F)c2)C1. The summed E-state index contributed by atoms with van der Waals surface area (Å²) in [6.45, 7) is -3.09. The van der Waals surface area contributed by atoms with E-state index in [9.17, 15) is 18.0 Å². The largest absolute Gasteiger partial charge is 0.490 e. The molecule has 0 spiro atoms. The van der Waals surface area contributed by atoms with E-state index in [4.69, 9.17) is 9.84 Å². The molecule has 5 nitrogen and oxygen atoms in total. The van der Waals surface area contributed by atoms with E-state index in [0.29, 0.717) is 12.8 Å². The molecule has 0 bridgehead atoms. The predicted molar refractivity (Wildman–Crippen MR) is 61.6 cm³/mol. The lowest BCUT2D eigenvalue weighted by molar-refractivity contribution is -0.0522. The molecule has 1 aromatic rings. The van der Waals surface area contributed by atoms with Crippen molar-refractivity contribution in [1.29, 1.82) is 0 Å². The standard InChI is InChI=1S/C12H12F3NO4/c13-9-5-7(1-2-10(9)20-11(14)15)19-8-3-6(4-8)16-12(17)18/h1-2,5-6,8,11,16H,3-4H2,(H,17,18)/t6-,8-. The third-order valence-corrected chi connectivity index (χ3v) is 2.84. The second-order valence-corrected chi connectivity index (χ2v) is 4.33. The fourth-order valence-electron chi connectivity index (χ4n) is 1.89. The van der Waals surface area contributed by atoms with Gasteiger partial charge in [-0.15, -0.1) is 0 Å². The first kappa shape index (κ1) is 14.3. The average Bonchev–Trinajstić information content (AvgIpc) is 2.29. The zero-order valence-electron chi connectivity index (χ0n) is 10.2. The van der Waals surface area contributed by atoms with Gasteiger partial charge in [-0.05, 0) is 12.1 Å². The maximum atomic E-state index is 13.4.